The van der Waals surface area contributed by atoms with Gasteiger partial charge < -0.3 is 15.4 Å². The first-order chi connectivity index (χ1) is 14.9. The molecule has 164 valence electrons. The lowest BCUT2D eigenvalue weighted by molar-refractivity contribution is -0.146. The van der Waals surface area contributed by atoms with Crippen molar-refractivity contribution in [3.63, 3.8) is 0 Å². The van der Waals surface area contributed by atoms with Crippen LogP contribution in [0.25, 0.3) is 5.65 Å². The molecule has 0 aliphatic carbocycles. The van der Waals surface area contributed by atoms with Gasteiger partial charge in [-0.2, -0.15) is 4.52 Å². The Balaban J connectivity index is 1.63. The first-order valence-electron chi connectivity index (χ1n) is 9.94. The number of hydrogen-bond donors (Lipinski definition) is 2. The van der Waals surface area contributed by atoms with Gasteiger partial charge in [-0.1, -0.05) is 26.0 Å². The maximum absolute atomic E-state index is 13.0. The number of anilines is 1. The average molecular weight is 428 g/mol. The summed E-state index contributed by atoms with van der Waals surface area (Å²) in [6.07, 6.45) is 0.420. The lowest BCUT2D eigenvalue weighted by atomic mass is 10.0. The number of ether oxygens (including phenoxy) is 1. The highest BCUT2D eigenvalue weighted by molar-refractivity contribution is 5.84. The molecule has 3 rings (SSSR count). The van der Waals surface area contributed by atoms with Crippen LogP contribution in [0, 0.1) is 11.7 Å². The number of nitrogens with zero attached hydrogens (tertiary/aromatic N) is 4. The first kappa shape index (κ1) is 22.1. The zero-order valence-electron chi connectivity index (χ0n) is 17.6. The van der Waals surface area contributed by atoms with Crippen LogP contribution >= 0.6 is 0 Å². The minimum atomic E-state index is -0.701. The average Bonchev–Trinajstić information content (AvgIpc) is 3.17. The molecule has 0 bridgehead atoms. The Kier molecular flexibility index (Phi) is 7.11. The first-order valence-corrected chi connectivity index (χ1v) is 9.94. The van der Waals surface area contributed by atoms with Crippen molar-refractivity contribution in [2.24, 2.45) is 5.92 Å². The fourth-order valence-electron chi connectivity index (χ4n) is 2.97. The number of nitrogens with one attached hydrogen (secondary N) is 2. The van der Waals surface area contributed by atoms with Crippen molar-refractivity contribution in [1.82, 2.24) is 25.1 Å². The van der Waals surface area contributed by atoms with E-state index in [1.54, 1.807) is 28.8 Å². The van der Waals surface area contributed by atoms with Gasteiger partial charge in [0.1, 0.15) is 17.7 Å². The second-order valence-corrected chi connectivity index (χ2v) is 7.40. The third-order valence-electron chi connectivity index (χ3n) is 4.73. The summed E-state index contributed by atoms with van der Waals surface area (Å²) in [6.45, 7) is 4.14. The Morgan fingerprint density at radius 1 is 1.13 bits per heavy atom. The van der Waals surface area contributed by atoms with E-state index in [0.717, 1.165) is 5.56 Å². The van der Waals surface area contributed by atoms with E-state index in [4.69, 9.17) is 4.74 Å². The molecule has 10 heteroatoms. The van der Waals surface area contributed by atoms with Crippen LogP contribution in [0.2, 0.25) is 0 Å². The predicted molar refractivity (Wildman–Crippen MR) is 112 cm³/mol. The Hall–Kier alpha value is -3.56. The predicted octanol–water partition coefficient (Wildman–Crippen LogP) is 2.12. The molecule has 9 nitrogen and oxygen atoms in total. The van der Waals surface area contributed by atoms with E-state index < -0.39 is 12.0 Å². The Labute approximate surface area is 179 Å². The van der Waals surface area contributed by atoms with Crippen LogP contribution in [0.5, 0.6) is 0 Å². The lowest BCUT2D eigenvalue weighted by Gasteiger charge is -2.19. The molecule has 1 aromatic carbocycles. The standard InChI is InChI=1S/C21H25FN6O3/c1-13(2)20(21(30)31-3)24-19(29)11-10-18-26-25-17-9-8-16(27-28(17)18)23-12-14-4-6-15(22)7-5-14/h4-9,13,20H,10-12H2,1-3H3,(H,23,27)(H,24,29)/t20-/m0/s1. The zero-order valence-corrected chi connectivity index (χ0v) is 17.6. The number of benzene rings is 1. The van der Waals surface area contributed by atoms with Gasteiger partial charge in [0, 0.05) is 19.4 Å². The van der Waals surface area contributed by atoms with E-state index >= 15 is 0 Å². The summed E-state index contributed by atoms with van der Waals surface area (Å²) in [7, 11) is 1.29. The second-order valence-electron chi connectivity index (χ2n) is 7.40. The molecule has 3 aromatic rings. The SMILES string of the molecule is COC(=O)[C@@H](NC(=O)CCc1nnc2ccc(NCc3ccc(F)cc3)nn12)C(C)C. The molecule has 2 heterocycles. The number of rotatable bonds is 9. The Morgan fingerprint density at radius 3 is 2.55 bits per heavy atom. The molecule has 0 saturated heterocycles. The van der Waals surface area contributed by atoms with E-state index in [1.165, 1.54) is 19.2 Å². The summed E-state index contributed by atoms with van der Waals surface area (Å²) in [4.78, 5) is 24.1. The van der Waals surface area contributed by atoms with Gasteiger partial charge in [0.25, 0.3) is 0 Å². The maximum atomic E-state index is 13.0. The third-order valence-corrected chi connectivity index (χ3v) is 4.73. The summed E-state index contributed by atoms with van der Waals surface area (Å²) >= 11 is 0. The van der Waals surface area contributed by atoms with Crippen LogP contribution in [0.3, 0.4) is 0 Å². The van der Waals surface area contributed by atoms with Gasteiger partial charge in [0.05, 0.1) is 7.11 Å². The topological polar surface area (TPSA) is 111 Å². The number of fused-ring (bicyclic) bond motifs is 1. The molecular weight excluding hydrogens is 403 g/mol. The van der Waals surface area contributed by atoms with Crippen LogP contribution in [0.1, 0.15) is 31.7 Å². The number of aryl methyl sites for hydroxylation is 1. The lowest BCUT2D eigenvalue weighted by Crippen LogP contribution is -2.45. The van der Waals surface area contributed by atoms with Crippen molar-refractivity contribution < 1.29 is 18.7 Å². The van der Waals surface area contributed by atoms with Crippen molar-refractivity contribution in [2.75, 3.05) is 12.4 Å². The second kappa shape index (κ2) is 9.96. The minimum Gasteiger partial charge on any atom is -0.467 e. The van der Waals surface area contributed by atoms with Crippen LogP contribution in [0.15, 0.2) is 36.4 Å². The highest BCUT2D eigenvalue weighted by Crippen LogP contribution is 2.11. The molecule has 0 radical (unpaired) electrons. The van der Waals surface area contributed by atoms with Crippen molar-refractivity contribution in [3.05, 3.63) is 53.6 Å². The molecule has 0 spiro atoms. The zero-order chi connectivity index (χ0) is 22.4. The maximum Gasteiger partial charge on any atom is 0.328 e. The molecule has 0 aliphatic heterocycles. The van der Waals surface area contributed by atoms with Gasteiger partial charge >= 0.3 is 5.97 Å². The van der Waals surface area contributed by atoms with Crippen LogP contribution in [0.4, 0.5) is 10.2 Å². The van der Waals surface area contributed by atoms with Crippen LogP contribution in [-0.2, 0) is 27.3 Å². The molecule has 0 saturated carbocycles. The van der Waals surface area contributed by atoms with E-state index in [2.05, 4.69) is 25.9 Å². The van der Waals surface area contributed by atoms with Crippen molar-refractivity contribution in [1.29, 1.82) is 0 Å². The smallest absolute Gasteiger partial charge is 0.328 e. The largest absolute Gasteiger partial charge is 0.467 e. The Bertz CT molecular complexity index is 1050. The van der Waals surface area contributed by atoms with Crippen molar-refractivity contribution in [3.8, 4) is 0 Å². The highest BCUT2D eigenvalue weighted by Gasteiger charge is 2.24. The van der Waals surface area contributed by atoms with Gasteiger partial charge in [0.2, 0.25) is 5.91 Å². The number of carbonyl (C=O) groups excluding carboxylic acids is 2. The van der Waals surface area contributed by atoms with E-state index in [1.807, 2.05) is 13.8 Å². The van der Waals surface area contributed by atoms with Crippen molar-refractivity contribution in [2.45, 2.75) is 39.3 Å². The molecule has 0 fully saturated rings. The van der Waals surface area contributed by atoms with Crippen LogP contribution < -0.4 is 10.6 Å². The third kappa shape index (κ3) is 5.74. The van der Waals surface area contributed by atoms with E-state index in [-0.39, 0.29) is 24.1 Å². The molecule has 1 atom stereocenters. The number of aromatic nitrogens is 4. The van der Waals surface area contributed by atoms with Crippen molar-refractivity contribution >= 4 is 23.3 Å². The molecule has 0 unspecified atom stereocenters. The number of hydrogen-bond acceptors (Lipinski definition) is 7. The summed E-state index contributed by atoms with van der Waals surface area (Å²) in [5.41, 5.74) is 1.46. The summed E-state index contributed by atoms with van der Waals surface area (Å²) in [6, 6.07) is 9.04. The molecule has 2 aromatic heterocycles. The summed E-state index contributed by atoms with van der Waals surface area (Å²) in [5.74, 6) is -0.0293. The number of esters is 1. The van der Waals surface area contributed by atoms with Gasteiger partial charge in [0.15, 0.2) is 11.5 Å². The number of methoxy groups -OCH3 is 1. The normalized spacial score (nSPS) is 12.0. The van der Waals surface area contributed by atoms with Gasteiger partial charge in [-0.05, 0) is 35.7 Å². The molecule has 0 aliphatic rings. The summed E-state index contributed by atoms with van der Waals surface area (Å²) in [5, 5.41) is 18.5. The fraction of sp³-hybridized carbons (Fsp3) is 0.381. The van der Waals surface area contributed by atoms with E-state index in [0.29, 0.717) is 30.3 Å². The number of carbonyl (C=O) groups is 2. The summed E-state index contributed by atoms with van der Waals surface area (Å²) < 4.78 is 19.3. The van der Waals surface area contributed by atoms with Gasteiger partial charge in [-0.15, -0.1) is 15.3 Å². The fourth-order valence-corrected chi connectivity index (χ4v) is 2.97. The minimum absolute atomic E-state index is 0.0956. The molecular formula is C21H25FN6O3. The number of halogens is 1. The Morgan fingerprint density at radius 2 is 1.87 bits per heavy atom. The van der Waals surface area contributed by atoms with Gasteiger partial charge in [-0.25, -0.2) is 9.18 Å². The quantitative estimate of drug-likeness (QED) is 0.502. The molecule has 31 heavy (non-hydrogen) atoms. The molecule has 2 N–H and O–H groups in total. The monoisotopic (exact) mass is 428 g/mol. The van der Waals surface area contributed by atoms with Gasteiger partial charge in [-0.3, -0.25) is 4.79 Å². The molecule has 1 amide bonds. The van der Waals surface area contributed by atoms with Crippen LogP contribution in [-0.4, -0.2) is 44.8 Å². The van der Waals surface area contributed by atoms with E-state index in [9.17, 15) is 14.0 Å². The number of amides is 1. The highest BCUT2D eigenvalue weighted by atomic mass is 19.1.